The van der Waals surface area contributed by atoms with Gasteiger partial charge < -0.3 is 20.3 Å². The third-order valence-electron chi connectivity index (χ3n) is 2.98. The Morgan fingerprint density at radius 3 is 2.45 bits per heavy atom. The summed E-state index contributed by atoms with van der Waals surface area (Å²) in [5.74, 6) is 2.15. The van der Waals surface area contributed by atoms with Gasteiger partial charge in [0.25, 0.3) is 0 Å². The van der Waals surface area contributed by atoms with E-state index in [0.29, 0.717) is 0 Å². The van der Waals surface area contributed by atoms with Crippen LogP contribution in [0, 0.1) is 0 Å². The average Bonchev–Trinajstić information content (AvgIpc) is 2.47. The van der Waals surface area contributed by atoms with Gasteiger partial charge in [-0.1, -0.05) is 0 Å². The van der Waals surface area contributed by atoms with Crippen molar-refractivity contribution in [2.24, 2.45) is 4.99 Å². The van der Waals surface area contributed by atoms with E-state index in [0.717, 1.165) is 45.2 Å². The zero-order chi connectivity index (χ0) is 15.1. The molecule has 5 nitrogen and oxygen atoms in total. The summed E-state index contributed by atoms with van der Waals surface area (Å²) in [5, 5.41) is 6.69. The molecule has 0 atom stereocenters. The largest absolute Gasteiger partial charge is 0.383 e. The van der Waals surface area contributed by atoms with Crippen molar-refractivity contribution in [3.63, 3.8) is 0 Å². The molecule has 0 unspecified atom stereocenters. The maximum Gasteiger partial charge on any atom is 0.190 e. The molecule has 0 bridgehead atoms. The Kier molecular flexibility index (Phi) is 14.6. The molecule has 0 saturated carbocycles. The van der Waals surface area contributed by atoms with Crippen molar-refractivity contribution < 1.29 is 4.74 Å². The van der Waals surface area contributed by atoms with E-state index in [-0.39, 0.29) is 0 Å². The molecule has 0 aliphatic carbocycles. The topological polar surface area (TPSA) is 48.9 Å². The van der Waals surface area contributed by atoms with Crippen LogP contribution < -0.4 is 10.6 Å². The zero-order valence-electron chi connectivity index (χ0n) is 13.6. The van der Waals surface area contributed by atoms with Crippen LogP contribution in [0.1, 0.15) is 19.3 Å². The maximum atomic E-state index is 5.06. The van der Waals surface area contributed by atoms with Crippen molar-refractivity contribution in [2.75, 3.05) is 66.0 Å². The molecular formula is C14H32N4OS. The van der Waals surface area contributed by atoms with E-state index < -0.39 is 0 Å². The number of ether oxygens (including phenoxy) is 1. The highest BCUT2D eigenvalue weighted by Crippen LogP contribution is 1.97. The van der Waals surface area contributed by atoms with Crippen LogP contribution in [0.2, 0.25) is 0 Å². The number of thioether (sulfide) groups is 1. The Hall–Kier alpha value is -0.460. The third-order valence-corrected chi connectivity index (χ3v) is 3.67. The van der Waals surface area contributed by atoms with Crippen LogP contribution in [0.15, 0.2) is 4.99 Å². The number of nitrogens with one attached hydrogen (secondary N) is 2. The molecule has 0 fully saturated rings. The molecule has 0 saturated heterocycles. The molecule has 0 aromatic heterocycles. The minimum Gasteiger partial charge on any atom is -0.383 e. The fourth-order valence-electron chi connectivity index (χ4n) is 1.71. The van der Waals surface area contributed by atoms with Crippen molar-refractivity contribution in [2.45, 2.75) is 19.3 Å². The lowest BCUT2D eigenvalue weighted by Crippen LogP contribution is -2.39. The average molecular weight is 305 g/mol. The number of hydrogen-bond acceptors (Lipinski definition) is 4. The molecule has 20 heavy (non-hydrogen) atoms. The van der Waals surface area contributed by atoms with Gasteiger partial charge in [-0.15, -0.1) is 0 Å². The second-order valence-electron chi connectivity index (χ2n) is 4.78. The lowest BCUT2D eigenvalue weighted by Gasteiger charge is -2.17. The molecule has 0 radical (unpaired) electrons. The quantitative estimate of drug-likeness (QED) is 0.323. The van der Waals surface area contributed by atoms with Crippen molar-refractivity contribution in [1.29, 1.82) is 0 Å². The molecule has 0 aliphatic heterocycles. The highest BCUT2D eigenvalue weighted by molar-refractivity contribution is 7.98. The van der Waals surface area contributed by atoms with E-state index in [1.54, 1.807) is 7.11 Å². The second-order valence-corrected chi connectivity index (χ2v) is 5.76. The van der Waals surface area contributed by atoms with Crippen molar-refractivity contribution in [3.05, 3.63) is 0 Å². The predicted octanol–water partition coefficient (Wildman–Crippen LogP) is 1.26. The molecule has 0 rings (SSSR count). The number of hydrogen-bond donors (Lipinski definition) is 2. The number of rotatable bonds is 12. The van der Waals surface area contributed by atoms with Crippen LogP contribution >= 0.6 is 11.8 Å². The molecule has 0 heterocycles. The normalized spacial score (nSPS) is 11.9. The molecule has 6 heteroatoms. The van der Waals surface area contributed by atoms with Crippen LogP contribution in [0.25, 0.3) is 0 Å². The van der Waals surface area contributed by atoms with E-state index >= 15 is 0 Å². The number of guanidine groups is 1. The maximum absolute atomic E-state index is 5.06. The lowest BCUT2D eigenvalue weighted by molar-refractivity contribution is 0.161. The Morgan fingerprint density at radius 2 is 1.85 bits per heavy atom. The van der Waals surface area contributed by atoms with Crippen LogP contribution in [0.5, 0.6) is 0 Å². The molecule has 0 aromatic carbocycles. The first-order valence-electron chi connectivity index (χ1n) is 7.35. The van der Waals surface area contributed by atoms with Gasteiger partial charge >= 0.3 is 0 Å². The van der Waals surface area contributed by atoms with Gasteiger partial charge in [0.15, 0.2) is 5.96 Å². The first-order chi connectivity index (χ1) is 9.74. The standard InChI is InChI=1S/C14H32N4OS/c1-15-14(16-8-5-6-13-20-4)17-9-7-10-18(2)11-12-19-3/h5-13H2,1-4H3,(H2,15,16,17). The number of aliphatic imine (C=N–C) groups is 1. The first-order valence-corrected chi connectivity index (χ1v) is 8.75. The summed E-state index contributed by atoms with van der Waals surface area (Å²) in [6.07, 6.45) is 5.71. The van der Waals surface area contributed by atoms with Crippen LogP contribution in [-0.4, -0.2) is 76.9 Å². The molecule has 0 spiro atoms. The Bertz CT molecular complexity index is 239. The van der Waals surface area contributed by atoms with Gasteiger partial charge in [-0.05, 0) is 44.9 Å². The predicted molar refractivity (Wildman–Crippen MR) is 91.0 cm³/mol. The number of methoxy groups -OCH3 is 1. The lowest BCUT2D eigenvalue weighted by atomic mass is 10.3. The van der Waals surface area contributed by atoms with Crippen LogP contribution in [0.4, 0.5) is 0 Å². The molecular weight excluding hydrogens is 272 g/mol. The summed E-state index contributed by atoms with van der Waals surface area (Å²) >= 11 is 1.90. The summed E-state index contributed by atoms with van der Waals surface area (Å²) in [6.45, 7) is 4.79. The summed E-state index contributed by atoms with van der Waals surface area (Å²) in [5.41, 5.74) is 0. The third kappa shape index (κ3) is 12.6. The Labute approximate surface area is 128 Å². The van der Waals surface area contributed by atoms with Crippen molar-refractivity contribution in [3.8, 4) is 0 Å². The highest BCUT2D eigenvalue weighted by atomic mass is 32.2. The number of nitrogens with zero attached hydrogens (tertiary/aromatic N) is 2. The first kappa shape index (κ1) is 19.5. The molecule has 2 N–H and O–H groups in total. The molecule has 120 valence electrons. The summed E-state index contributed by atoms with van der Waals surface area (Å²) in [7, 11) is 5.68. The van der Waals surface area contributed by atoms with E-state index in [4.69, 9.17) is 4.74 Å². The van der Waals surface area contributed by atoms with Gasteiger partial charge in [0.2, 0.25) is 0 Å². The van der Waals surface area contributed by atoms with Crippen LogP contribution in [-0.2, 0) is 4.74 Å². The summed E-state index contributed by atoms with van der Waals surface area (Å²) < 4.78 is 5.06. The highest BCUT2D eigenvalue weighted by Gasteiger charge is 1.99. The van der Waals surface area contributed by atoms with E-state index in [2.05, 4.69) is 33.8 Å². The van der Waals surface area contributed by atoms with Crippen molar-refractivity contribution in [1.82, 2.24) is 15.5 Å². The Morgan fingerprint density at radius 1 is 1.15 bits per heavy atom. The fraction of sp³-hybridized carbons (Fsp3) is 0.929. The van der Waals surface area contributed by atoms with Gasteiger partial charge in [0, 0.05) is 33.8 Å². The molecule has 0 aromatic rings. The van der Waals surface area contributed by atoms with Gasteiger partial charge in [-0.3, -0.25) is 4.99 Å². The van der Waals surface area contributed by atoms with Gasteiger partial charge in [0.05, 0.1) is 6.61 Å². The minimum atomic E-state index is 0.795. The fourth-order valence-corrected chi connectivity index (χ4v) is 2.21. The van der Waals surface area contributed by atoms with Gasteiger partial charge in [0.1, 0.15) is 0 Å². The SMILES string of the molecule is CN=C(NCCCCSC)NCCCN(C)CCOC. The second kappa shape index (κ2) is 14.9. The van der Waals surface area contributed by atoms with E-state index in [9.17, 15) is 0 Å². The van der Waals surface area contributed by atoms with E-state index in [1.165, 1.54) is 18.6 Å². The minimum absolute atomic E-state index is 0.795. The number of unbranched alkanes of at least 4 members (excludes halogenated alkanes) is 1. The van der Waals surface area contributed by atoms with E-state index in [1.807, 2.05) is 18.8 Å². The smallest absolute Gasteiger partial charge is 0.190 e. The molecule has 0 amide bonds. The van der Waals surface area contributed by atoms with Crippen molar-refractivity contribution >= 4 is 17.7 Å². The monoisotopic (exact) mass is 304 g/mol. The summed E-state index contributed by atoms with van der Waals surface area (Å²) in [4.78, 5) is 6.51. The van der Waals surface area contributed by atoms with Gasteiger partial charge in [-0.2, -0.15) is 11.8 Å². The Balaban J connectivity index is 3.50. The zero-order valence-corrected chi connectivity index (χ0v) is 14.4. The van der Waals surface area contributed by atoms with Crippen LogP contribution in [0.3, 0.4) is 0 Å². The number of likely N-dealkylation sites (N-methyl/N-ethyl adjacent to an activating group) is 1. The summed E-state index contributed by atoms with van der Waals surface area (Å²) in [6, 6.07) is 0. The van der Waals surface area contributed by atoms with Gasteiger partial charge in [-0.25, -0.2) is 0 Å². The molecule has 0 aliphatic rings.